The van der Waals surface area contributed by atoms with Crippen LogP contribution in [0.25, 0.3) is 0 Å². The van der Waals surface area contributed by atoms with Crippen LogP contribution in [0.5, 0.6) is 0 Å². The van der Waals surface area contributed by atoms with Crippen LogP contribution in [-0.4, -0.2) is 45.4 Å². The lowest BCUT2D eigenvalue weighted by molar-refractivity contribution is 0.327. The largest absolute Gasteiger partial charge is 0.315 e. The molecule has 3 rings (SSSR count). The van der Waals surface area contributed by atoms with E-state index in [1.807, 2.05) is 0 Å². The van der Waals surface area contributed by atoms with Crippen LogP contribution in [0.1, 0.15) is 43.8 Å². The second kappa shape index (κ2) is 7.93. The molecular formula is C16H27N3S2. The van der Waals surface area contributed by atoms with Gasteiger partial charge in [0.05, 0.1) is 11.7 Å². The van der Waals surface area contributed by atoms with Crippen molar-refractivity contribution in [3.05, 3.63) is 18.0 Å². The Morgan fingerprint density at radius 1 is 1.33 bits per heavy atom. The highest BCUT2D eigenvalue weighted by Gasteiger charge is 2.24. The van der Waals surface area contributed by atoms with E-state index in [9.17, 15) is 0 Å². The Morgan fingerprint density at radius 3 is 2.90 bits per heavy atom. The lowest BCUT2D eigenvalue weighted by atomic mass is 9.96. The standard InChI is InChI=1S/C16H27N3S2/c1-17-15(16-12-20-9-10-21-16)11-13-7-8-19(18-13)14-5-3-2-4-6-14/h7-8,14-17H,2-6,9-12H2,1H3. The number of nitrogens with one attached hydrogen (secondary N) is 1. The summed E-state index contributed by atoms with van der Waals surface area (Å²) in [4.78, 5) is 0. The number of aromatic nitrogens is 2. The van der Waals surface area contributed by atoms with Crippen LogP contribution in [0.3, 0.4) is 0 Å². The maximum absolute atomic E-state index is 4.88. The highest BCUT2D eigenvalue weighted by Crippen LogP contribution is 2.29. The van der Waals surface area contributed by atoms with Crippen molar-refractivity contribution >= 4 is 23.5 Å². The first-order valence-electron chi connectivity index (χ1n) is 8.27. The topological polar surface area (TPSA) is 29.9 Å². The Bertz CT molecular complexity index is 423. The zero-order valence-electron chi connectivity index (χ0n) is 13.0. The average molecular weight is 326 g/mol. The fraction of sp³-hybridized carbons (Fsp3) is 0.812. The molecule has 0 bridgehead atoms. The summed E-state index contributed by atoms with van der Waals surface area (Å²) in [5.41, 5.74) is 1.26. The average Bonchev–Trinajstić information content (AvgIpc) is 3.03. The van der Waals surface area contributed by atoms with E-state index in [1.54, 1.807) is 0 Å². The molecule has 0 radical (unpaired) electrons. The van der Waals surface area contributed by atoms with Crippen molar-refractivity contribution < 1.29 is 0 Å². The highest BCUT2D eigenvalue weighted by atomic mass is 32.2. The van der Waals surface area contributed by atoms with Gasteiger partial charge in [-0.1, -0.05) is 19.3 Å². The fourth-order valence-corrected chi connectivity index (χ4v) is 6.35. The van der Waals surface area contributed by atoms with Gasteiger partial charge in [-0.25, -0.2) is 0 Å². The Kier molecular flexibility index (Phi) is 5.95. The van der Waals surface area contributed by atoms with Crippen molar-refractivity contribution in [2.24, 2.45) is 0 Å². The van der Waals surface area contributed by atoms with E-state index in [0.717, 1.165) is 11.7 Å². The summed E-state index contributed by atoms with van der Waals surface area (Å²) < 4.78 is 2.24. The van der Waals surface area contributed by atoms with Gasteiger partial charge in [-0.05, 0) is 26.0 Å². The van der Waals surface area contributed by atoms with Crippen LogP contribution in [-0.2, 0) is 6.42 Å². The van der Waals surface area contributed by atoms with E-state index >= 15 is 0 Å². The lowest BCUT2D eigenvalue weighted by Crippen LogP contribution is -2.40. The third kappa shape index (κ3) is 4.20. The maximum atomic E-state index is 4.88. The number of hydrogen-bond acceptors (Lipinski definition) is 4. The molecule has 2 atom stereocenters. The van der Waals surface area contributed by atoms with Crippen molar-refractivity contribution in [3.63, 3.8) is 0 Å². The Labute approximate surface area is 137 Å². The van der Waals surface area contributed by atoms with Gasteiger partial charge in [-0.15, -0.1) is 0 Å². The summed E-state index contributed by atoms with van der Waals surface area (Å²) in [7, 11) is 2.10. The molecule has 21 heavy (non-hydrogen) atoms. The van der Waals surface area contributed by atoms with Crippen molar-refractivity contribution in [1.82, 2.24) is 15.1 Å². The van der Waals surface area contributed by atoms with E-state index < -0.39 is 0 Å². The molecule has 5 heteroatoms. The van der Waals surface area contributed by atoms with Crippen LogP contribution in [0.4, 0.5) is 0 Å². The summed E-state index contributed by atoms with van der Waals surface area (Å²) in [6.07, 6.45) is 10.0. The molecule has 2 aliphatic rings. The highest BCUT2D eigenvalue weighted by molar-refractivity contribution is 8.06. The van der Waals surface area contributed by atoms with Crippen molar-refractivity contribution in [2.45, 2.75) is 55.9 Å². The van der Waals surface area contributed by atoms with Crippen LogP contribution >= 0.6 is 23.5 Å². The van der Waals surface area contributed by atoms with Gasteiger partial charge in [-0.2, -0.15) is 28.6 Å². The summed E-state index contributed by atoms with van der Waals surface area (Å²) in [5, 5.41) is 9.13. The normalized spacial score (nSPS) is 25.9. The predicted molar refractivity (Wildman–Crippen MR) is 94.5 cm³/mol. The van der Waals surface area contributed by atoms with E-state index in [4.69, 9.17) is 5.10 Å². The minimum absolute atomic E-state index is 0.553. The van der Waals surface area contributed by atoms with Gasteiger partial charge in [0.2, 0.25) is 0 Å². The minimum Gasteiger partial charge on any atom is -0.315 e. The van der Waals surface area contributed by atoms with Crippen molar-refractivity contribution in [2.75, 3.05) is 24.3 Å². The van der Waals surface area contributed by atoms with Gasteiger partial charge in [0.15, 0.2) is 0 Å². The van der Waals surface area contributed by atoms with Gasteiger partial charge in [0.1, 0.15) is 0 Å². The third-order valence-electron chi connectivity index (χ3n) is 4.70. The molecule has 3 nitrogen and oxygen atoms in total. The monoisotopic (exact) mass is 325 g/mol. The molecule has 1 saturated carbocycles. The zero-order valence-corrected chi connectivity index (χ0v) is 14.6. The molecule has 1 aromatic rings. The zero-order chi connectivity index (χ0) is 14.5. The summed E-state index contributed by atoms with van der Waals surface area (Å²) in [6, 6.07) is 3.44. The molecule has 1 N–H and O–H groups in total. The molecule has 1 saturated heterocycles. The Morgan fingerprint density at radius 2 is 2.19 bits per heavy atom. The molecule has 2 unspecified atom stereocenters. The van der Waals surface area contributed by atoms with E-state index in [0.29, 0.717) is 12.1 Å². The Hall–Kier alpha value is -0.130. The maximum Gasteiger partial charge on any atom is 0.0640 e. The molecule has 0 aromatic carbocycles. The molecule has 0 amide bonds. The smallest absolute Gasteiger partial charge is 0.0640 e. The molecule has 1 aromatic heterocycles. The van der Waals surface area contributed by atoms with Crippen LogP contribution in [0.15, 0.2) is 12.3 Å². The Balaban J connectivity index is 1.59. The van der Waals surface area contributed by atoms with E-state index in [-0.39, 0.29) is 0 Å². The van der Waals surface area contributed by atoms with Crippen LogP contribution in [0, 0.1) is 0 Å². The van der Waals surface area contributed by atoms with Crippen LogP contribution in [0.2, 0.25) is 0 Å². The van der Waals surface area contributed by atoms with Gasteiger partial charge in [0.25, 0.3) is 0 Å². The number of likely N-dealkylation sites (N-methyl/N-ethyl adjacent to an activating group) is 1. The quantitative estimate of drug-likeness (QED) is 0.899. The summed E-state index contributed by atoms with van der Waals surface area (Å²) in [5.74, 6) is 3.89. The second-order valence-corrected chi connectivity index (χ2v) is 8.66. The molecule has 1 aliphatic carbocycles. The van der Waals surface area contributed by atoms with Gasteiger partial charge in [0, 0.05) is 41.2 Å². The molecule has 0 spiro atoms. The fourth-order valence-electron chi connectivity index (χ4n) is 3.42. The number of thioether (sulfide) groups is 2. The first-order chi connectivity index (χ1) is 10.4. The van der Waals surface area contributed by atoms with E-state index in [2.05, 4.69) is 52.8 Å². The third-order valence-corrected chi connectivity index (χ3v) is 7.62. The van der Waals surface area contributed by atoms with Crippen molar-refractivity contribution in [3.8, 4) is 0 Å². The molecular weight excluding hydrogens is 298 g/mol. The molecule has 2 fully saturated rings. The van der Waals surface area contributed by atoms with E-state index in [1.165, 1.54) is 55.1 Å². The molecule has 118 valence electrons. The lowest BCUT2D eigenvalue weighted by Gasteiger charge is -2.29. The van der Waals surface area contributed by atoms with Crippen molar-refractivity contribution in [1.29, 1.82) is 0 Å². The number of nitrogens with zero attached hydrogens (tertiary/aromatic N) is 2. The SMILES string of the molecule is CNC(Cc1ccn(C2CCCCC2)n1)C1CSCCS1. The predicted octanol–water partition coefficient (Wildman–Crippen LogP) is 3.37. The minimum atomic E-state index is 0.553. The summed E-state index contributed by atoms with van der Waals surface area (Å²) in [6.45, 7) is 0. The number of rotatable bonds is 5. The first kappa shape index (κ1) is 15.8. The number of hydrogen-bond donors (Lipinski definition) is 1. The van der Waals surface area contributed by atoms with Gasteiger partial charge >= 0.3 is 0 Å². The first-order valence-corrected chi connectivity index (χ1v) is 10.5. The molecule has 1 aliphatic heterocycles. The van der Waals surface area contributed by atoms with Gasteiger partial charge in [-0.3, -0.25) is 4.68 Å². The molecule has 2 heterocycles. The van der Waals surface area contributed by atoms with Gasteiger partial charge < -0.3 is 5.32 Å². The van der Waals surface area contributed by atoms with Crippen LogP contribution < -0.4 is 5.32 Å². The second-order valence-electron chi connectivity index (χ2n) is 6.16. The summed E-state index contributed by atoms with van der Waals surface area (Å²) >= 11 is 4.23.